The summed E-state index contributed by atoms with van der Waals surface area (Å²) in [5.41, 5.74) is 19.3. The number of azo groups is 1. The number of nitrogen functional groups attached to an aromatic ring is 2. The average Bonchev–Trinajstić information content (AvgIpc) is 2.45. The fraction of sp³-hybridized carbons (Fsp3) is 0.250. The molecule has 0 aliphatic heterocycles. The summed E-state index contributed by atoms with van der Waals surface area (Å²) in [5, 5.41) is 8.68. The molecule has 0 aliphatic carbocycles. The van der Waals surface area contributed by atoms with Gasteiger partial charge in [0, 0.05) is 11.4 Å². The molecule has 0 heterocycles. The van der Waals surface area contributed by atoms with Gasteiger partial charge in [-0.1, -0.05) is 0 Å². The lowest BCUT2D eigenvalue weighted by atomic mass is 9.96. The zero-order valence-electron chi connectivity index (χ0n) is 12.4. The lowest BCUT2D eigenvalue weighted by Gasteiger charge is -2.14. The van der Waals surface area contributed by atoms with Gasteiger partial charge in [-0.2, -0.15) is 5.11 Å². The molecule has 0 unspecified atom stereocenters. The fourth-order valence-electron chi connectivity index (χ4n) is 2.12. The lowest BCUT2D eigenvalue weighted by molar-refractivity contribution is 1.15. The van der Waals surface area contributed by atoms with E-state index in [2.05, 4.69) is 10.2 Å². The molecule has 2 rings (SSSR count). The zero-order chi connectivity index (χ0) is 14.9. The summed E-state index contributed by atoms with van der Waals surface area (Å²) in [5.74, 6) is 0. The van der Waals surface area contributed by atoms with E-state index in [1.807, 2.05) is 52.0 Å². The third kappa shape index (κ3) is 2.50. The highest BCUT2D eigenvalue weighted by Gasteiger charge is 2.12. The van der Waals surface area contributed by atoms with Crippen LogP contribution in [0, 0.1) is 27.7 Å². The molecule has 0 aromatic heterocycles. The van der Waals surface area contributed by atoms with Crippen LogP contribution in [0.15, 0.2) is 34.5 Å². The van der Waals surface area contributed by atoms with Crippen molar-refractivity contribution < 1.29 is 0 Å². The summed E-state index contributed by atoms with van der Waals surface area (Å²) in [6.45, 7) is 8.07. The van der Waals surface area contributed by atoms with E-state index in [0.717, 1.165) is 45.0 Å². The molecule has 4 nitrogen and oxygen atoms in total. The number of hydrogen-bond donors (Lipinski definition) is 2. The molecule has 4 heteroatoms. The van der Waals surface area contributed by atoms with E-state index < -0.39 is 0 Å². The molecule has 0 saturated carbocycles. The van der Waals surface area contributed by atoms with Gasteiger partial charge in [-0.15, -0.1) is 5.11 Å². The minimum absolute atomic E-state index is 0.718. The third-order valence-electron chi connectivity index (χ3n) is 3.80. The summed E-state index contributed by atoms with van der Waals surface area (Å²) >= 11 is 0. The van der Waals surface area contributed by atoms with Crippen LogP contribution in [0.2, 0.25) is 0 Å². The second-order valence-corrected chi connectivity index (χ2v) is 5.05. The van der Waals surface area contributed by atoms with E-state index in [1.165, 1.54) is 0 Å². The number of rotatable bonds is 2. The van der Waals surface area contributed by atoms with Crippen molar-refractivity contribution in [3.05, 3.63) is 46.5 Å². The van der Waals surface area contributed by atoms with Gasteiger partial charge in [-0.25, -0.2) is 0 Å². The van der Waals surface area contributed by atoms with Crippen molar-refractivity contribution in [2.45, 2.75) is 27.7 Å². The Bertz CT molecular complexity index is 641. The molecule has 0 spiro atoms. The highest BCUT2D eigenvalue weighted by atomic mass is 15.1. The Hall–Kier alpha value is -2.36. The van der Waals surface area contributed by atoms with Crippen LogP contribution in [0.5, 0.6) is 0 Å². The first kappa shape index (κ1) is 14.1. The van der Waals surface area contributed by atoms with Crippen molar-refractivity contribution in [3.63, 3.8) is 0 Å². The smallest absolute Gasteiger partial charge is 0.0922 e. The molecule has 20 heavy (non-hydrogen) atoms. The maximum Gasteiger partial charge on any atom is 0.0922 e. The first-order chi connectivity index (χ1) is 9.41. The Morgan fingerprint density at radius 2 is 1.20 bits per heavy atom. The van der Waals surface area contributed by atoms with E-state index in [0.29, 0.717) is 0 Å². The fourth-order valence-corrected chi connectivity index (χ4v) is 2.12. The number of nitrogens with zero attached hydrogens (tertiary/aromatic N) is 2. The van der Waals surface area contributed by atoms with Gasteiger partial charge in [0.15, 0.2) is 0 Å². The van der Waals surface area contributed by atoms with E-state index in [4.69, 9.17) is 11.5 Å². The zero-order valence-corrected chi connectivity index (χ0v) is 12.4. The van der Waals surface area contributed by atoms with Crippen molar-refractivity contribution >= 4 is 22.7 Å². The monoisotopic (exact) mass is 268 g/mol. The van der Waals surface area contributed by atoms with Crippen LogP contribution in [0.25, 0.3) is 0 Å². The summed E-state index contributed by atoms with van der Waals surface area (Å²) in [4.78, 5) is 0. The predicted molar refractivity (Wildman–Crippen MR) is 84.8 cm³/mol. The molecule has 104 valence electrons. The van der Waals surface area contributed by atoms with Crippen LogP contribution in [0.3, 0.4) is 0 Å². The van der Waals surface area contributed by atoms with Gasteiger partial charge >= 0.3 is 0 Å². The molecule has 0 saturated heterocycles. The molecule has 0 amide bonds. The summed E-state index contributed by atoms with van der Waals surface area (Å²) < 4.78 is 0. The number of hydrogen-bond acceptors (Lipinski definition) is 4. The number of nitrogens with two attached hydrogens (primary N) is 2. The highest BCUT2D eigenvalue weighted by Crippen LogP contribution is 2.35. The Morgan fingerprint density at radius 1 is 0.700 bits per heavy atom. The van der Waals surface area contributed by atoms with Crippen LogP contribution in [-0.4, -0.2) is 0 Å². The lowest BCUT2D eigenvalue weighted by Crippen LogP contribution is -1.99. The molecule has 0 radical (unpaired) electrons. The second-order valence-electron chi connectivity index (χ2n) is 5.05. The van der Waals surface area contributed by atoms with Crippen molar-refractivity contribution in [1.82, 2.24) is 0 Å². The molecule has 2 aromatic rings. The normalized spacial score (nSPS) is 11.2. The van der Waals surface area contributed by atoms with Crippen molar-refractivity contribution in [1.29, 1.82) is 0 Å². The molecular formula is C16H20N4. The Balaban J connectivity index is 2.46. The Kier molecular flexibility index (Phi) is 3.74. The summed E-state index contributed by atoms with van der Waals surface area (Å²) in [6.07, 6.45) is 0. The van der Waals surface area contributed by atoms with Gasteiger partial charge in [0.25, 0.3) is 0 Å². The van der Waals surface area contributed by atoms with E-state index in [-0.39, 0.29) is 0 Å². The van der Waals surface area contributed by atoms with E-state index in [1.54, 1.807) is 0 Å². The van der Waals surface area contributed by atoms with Crippen molar-refractivity contribution in [2.24, 2.45) is 10.2 Å². The van der Waals surface area contributed by atoms with Gasteiger partial charge in [0.2, 0.25) is 0 Å². The van der Waals surface area contributed by atoms with Gasteiger partial charge in [-0.3, -0.25) is 0 Å². The summed E-state index contributed by atoms with van der Waals surface area (Å²) in [7, 11) is 0. The predicted octanol–water partition coefficient (Wildman–Crippen LogP) is 4.50. The molecular weight excluding hydrogens is 248 g/mol. The summed E-state index contributed by atoms with van der Waals surface area (Å²) in [6, 6.07) is 7.32. The first-order valence-corrected chi connectivity index (χ1v) is 6.55. The standard InChI is InChI=1S/C16H20N4/c1-9-11(3)16(12(4)10(2)15(9)18)20-19-14-7-5-13(17)6-8-14/h5-8H,17-18H2,1-4H3. The van der Waals surface area contributed by atoms with Gasteiger partial charge in [0.05, 0.1) is 11.4 Å². The molecule has 0 fully saturated rings. The van der Waals surface area contributed by atoms with Crippen LogP contribution < -0.4 is 11.5 Å². The van der Waals surface area contributed by atoms with Crippen LogP contribution >= 0.6 is 0 Å². The molecule has 4 N–H and O–H groups in total. The Labute approximate surface area is 119 Å². The first-order valence-electron chi connectivity index (χ1n) is 6.55. The third-order valence-corrected chi connectivity index (χ3v) is 3.80. The molecule has 0 atom stereocenters. The van der Waals surface area contributed by atoms with Gasteiger partial charge in [-0.05, 0) is 74.2 Å². The quantitative estimate of drug-likeness (QED) is 0.621. The SMILES string of the molecule is Cc1c(C)c(N=Nc2ccc(N)cc2)c(C)c(C)c1N. The maximum atomic E-state index is 6.09. The largest absolute Gasteiger partial charge is 0.399 e. The van der Waals surface area contributed by atoms with Gasteiger partial charge < -0.3 is 11.5 Å². The minimum Gasteiger partial charge on any atom is -0.399 e. The topological polar surface area (TPSA) is 76.8 Å². The van der Waals surface area contributed by atoms with Crippen molar-refractivity contribution in [2.75, 3.05) is 11.5 Å². The van der Waals surface area contributed by atoms with E-state index in [9.17, 15) is 0 Å². The minimum atomic E-state index is 0.718. The van der Waals surface area contributed by atoms with Crippen LogP contribution in [0.1, 0.15) is 22.3 Å². The van der Waals surface area contributed by atoms with Crippen LogP contribution in [-0.2, 0) is 0 Å². The molecule has 0 aliphatic rings. The second kappa shape index (κ2) is 5.33. The molecule has 0 bridgehead atoms. The maximum absolute atomic E-state index is 6.09. The van der Waals surface area contributed by atoms with Crippen LogP contribution in [0.4, 0.5) is 22.7 Å². The van der Waals surface area contributed by atoms with E-state index >= 15 is 0 Å². The highest BCUT2D eigenvalue weighted by molar-refractivity contribution is 5.69. The average molecular weight is 268 g/mol. The molecule has 2 aromatic carbocycles. The number of benzene rings is 2. The Morgan fingerprint density at radius 3 is 1.70 bits per heavy atom. The number of anilines is 2. The van der Waals surface area contributed by atoms with Gasteiger partial charge in [0.1, 0.15) is 0 Å². The van der Waals surface area contributed by atoms with Crippen molar-refractivity contribution in [3.8, 4) is 0 Å².